The fourth-order valence-electron chi connectivity index (χ4n) is 1.02. The zero-order valence-electron chi connectivity index (χ0n) is 7.87. The molecule has 0 aliphatic carbocycles. The highest BCUT2D eigenvalue weighted by Crippen LogP contribution is 2.21. The molecule has 14 heavy (non-hydrogen) atoms. The molecular formula is C10H12INO2. The van der Waals surface area contributed by atoms with Crippen molar-refractivity contribution in [3.8, 4) is 0 Å². The van der Waals surface area contributed by atoms with Crippen molar-refractivity contribution in [3.05, 3.63) is 35.9 Å². The highest BCUT2D eigenvalue weighted by atomic mass is 127. The molecule has 0 aromatic heterocycles. The van der Waals surface area contributed by atoms with Crippen LogP contribution in [-0.2, 0) is 4.74 Å². The minimum Gasteiger partial charge on any atom is -0.453 e. The van der Waals surface area contributed by atoms with Crippen molar-refractivity contribution in [3.63, 3.8) is 0 Å². The SMILES string of the molecule is COC(=O)NCC(I)c1ccccc1. The predicted molar refractivity (Wildman–Crippen MR) is 63.6 cm³/mol. The summed E-state index contributed by atoms with van der Waals surface area (Å²) in [5.41, 5.74) is 1.20. The largest absolute Gasteiger partial charge is 0.453 e. The minimum absolute atomic E-state index is 0.271. The van der Waals surface area contributed by atoms with E-state index in [2.05, 4.69) is 32.6 Å². The number of halogens is 1. The summed E-state index contributed by atoms with van der Waals surface area (Å²) in [6, 6.07) is 10.0. The number of ether oxygens (including phenoxy) is 1. The number of benzene rings is 1. The fourth-order valence-corrected chi connectivity index (χ4v) is 1.66. The first-order valence-electron chi connectivity index (χ1n) is 4.25. The number of alkyl halides is 1. The number of hydrogen-bond donors (Lipinski definition) is 1. The topological polar surface area (TPSA) is 38.3 Å². The molecule has 76 valence electrons. The van der Waals surface area contributed by atoms with Gasteiger partial charge in [-0.25, -0.2) is 4.79 Å². The third-order valence-electron chi connectivity index (χ3n) is 1.77. The first kappa shape index (κ1) is 11.3. The average Bonchev–Trinajstić information content (AvgIpc) is 2.26. The highest BCUT2D eigenvalue weighted by molar-refractivity contribution is 14.1. The quantitative estimate of drug-likeness (QED) is 0.688. The summed E-state index contributed by atoms with van der Waals surface area (Å²) >= 11 is 2.29. The fraction of sp³-hybridized carbons (Fsp3) is 0.300. The smallest absolute Gasteiger partial charge is 0.406 e. The van der Waals surface area contributed by atoms with Crippen LogP contribution in [0.4, 0.5) is 4.79 Å². The number of rotatable bonds is 3. The van der Waals surface area contributed by atoms with Crippen LogP contribution in [-0.4, -0.2) is 19.7 Å². The highest BCUT2D eigenvalue weighted by Gasteiger charge is 2.07. The van der Waals surface area contributed by atoms with Gasteiger partial charge in [0.05, 0.1) is 11.0 Å². The van der Waals surface area contributed by atoms with E-state index in [1.807, 2.05) is 30.3 Å². The van der Waals surface area contributed by atoms with Crippen LogP contribution in [0.5, 0.6) is 0 Å². The van der Waals surface area contributed by atoms with Crippen LogP contribution >= 0.6 is 22.6 Å². The van der Waals surface area contributed by atoms with Crippen molar-refractivity contribution in [2.24, 2.45) is 0 Å². The Balaban J connectivity index is 2.43. The molecular weight excluding hydrogens is 293 g/mol. The molecule has 1 aromatic rings. The predicted octanol–water partition coefficient (Wildman–Crippen LogP) is 2.52. The Kier molecular flexibility index (Phi) is 4.72. The van der Waals surface area contributed by atoms with Crippen molar-refractivity contribution < 1.29 is 9.53 Å². The Morgan fingerprint density at radius 2 is 2.14 bits per heavy atom. The number of carbonyl (C=O) groups is 1. The van der Waals surface area contributed by atoms with E-state index in [-0.39, 0.29) is 10.0 Å². The number of amides is 1. The third-order valence-corrected chi connectivity index (χ3v) is 2.93. The van der Waals surface area contributed by atoms with Crippen LogP contribution in [0.15, 0.2) is 30.3 Å². The maximum atomic E-state index is 10.8. The summed E-state index contributed by atoms with van der Waals surface area (Å²) in [4.78, 5) is 10.8. The summed E-state index contributed by atoms with van der Waals surface area (Å²) in [7, 11) is 1.36. The molecule has 0 radical (unpaired) electrons. The molecule has 0 saturated carbocycles. The van der Waals surface area contributed by atoms with Crippen molar-refractivity contribution in [2.75, 3.05) is 13.7 Å². The summed E-state index contributed by atoms with van der Waals surface area (Å²) in [6.07, 6.45) is -0.386. The van der Waals surface area contributed by atoms with Crippen molar-refractivity contribution in [1.82, 2.24) is 5.32 Å². The summed E-state index contributed by atoms with van der Waals surface area (Å²) in [5, 5.41) is 2.66. The molecule has 1 rings (SSSR count). The second kappa shape index (κ2) is 5.85. The van der Waals surface area contributed by atoms with Gasteiger partial charge < -0.3 is 10.1 Å². The molecule has 0 heterocycles. The normalized spacial score (nSPS) is 11.9. The van der Waals surface area contributed by atoms with Crippen molar-refractivity contribution in [1.29, 1.82) is 0 Å². The zero-order valence-corrected chi connectivity index (χ0v) is 10.0. The second-order valence-electron chi connectivity index (χ2n) is 2.75. The molecule has 3 nitrogen and oxygen atoms in total. The van der Waals surface area contributed by atoms with Gasteiger partial charge in [-0.1, -0.05) is 52.9 Å². The van der Waals surface area contributed by atoms with E-state index in [1.165, 1.54) is 12.7 Å². The van der Waals surface area contributed by atoms with Gasteiger partial charge in [0.25, 0.3) is 0 Å². The van der Waals surface area contributed by atoms with E-state index in [9.17, 15) is 4.79 Å². The molecule has 0 spiro atoms. The van der Waals surface area contributed by atoms with Crippen molar-refractivity contribution >= 4 is 28.7 Å². The van der Waals surface area contributed by atoms with Crippen molar-refractivity contribution in [2.45, 2.75) is 3.92 Å². The lowest BCUT2D eigenvalue weighted by molar-refractivity contribution is 0.171. The molecule has 1 atom stereocenters. The maximum Gasteiger partial charge on any atom is 0.406 e. The van der Waals surface area contributed by atoms with Gasteiger partial charge in [-0.15, -0.1) is 0 Å². The van der Waals surface area contributed by atoms with E-state index in [1.54, 1.807) is 0 Å². The Morgan fingerprint density at radius 3 is 2.71 bits per heavy atom. The Bertz CT molecular complexity index is 289. The maximum absolute atomic E-state index is 10.8. The Labute approximate surface area is 97.0 Å². The average molecular weight is 305 g/mol. The van der Waals surface area contributed by atoms with Gasteiger partial charge in [0.1, 0.15) is 0 Å². The van der Waals surface area contributed by atoms with E-state index in [0.29, 0.717) is 6.54 Å². The van der Waals surface area contributed by atoms with Crippen LogP contribution in [0.2, 0.25) is 0 Å². The summed E-state index contributed by atoms with van der Waals surface area (Å²) in [5.74, 6) is 0. The lowest BCUT2D eigenvalue weighted by Gasteiger charge is -2.10. The zero-order chi connectivity index (χ0) is 10.4. The van der Waals surface area contributed by atoms with Crippen LogP contribution in [0.25, 0.3) is 0 Å². The minimum atomic E-state index is -0.386. The van der Waals surface area contributed by atoms with Gasteiger partial charge >= 0.3 is 6.09 Å². The first-order chi connectivity index (χ1) is 6.74. The van der Waals surface area contributed by atoms with E-state index < -0.39 is 0 Å². The van der Waals surface area contributed by atoms with Crippen LogP contribution in [0, 0.1) is 0 Å². The van der Waals surface area contributed by atoms with Crippen LogP contribution in [0.3, 0.4) is 0 Å². The lowest BCUT2D eigenvalue weighted by Crippen LogP contribution is -2.26. The molecule has 0 saturated heterocycles. The molecule has 1 amide bonds. The van der Waals surface area contributed by atoms with Crippen LogP contribution in [0.1, 0.15) is 9.49 Å². The number of methoxy groups -OCH3 is 1. The van der Waals surface area contributed by atoms with Gasteiger partial charge in [0.2, 0.25) is 0 Å². The molecule has 0 aliphatic rings. The molecule has 1 unspecified atom stereocenters. The number of nitrogens with one attached hydrogen (secondary N) is 1. The van der Waals surface area contributed by atoms with Crippen LogP contribution < -0.4 is 5.32 Å². The molecule has 0 bridgehead atoms. The van der Waals surface area contributed by atoms with Gasteiger partial charge in [-0.05, 0) is 5.56 Å². The third kappa shape index (κ3) is 3.53. The summed E-state index contributed by atoms with van der Waals surface area (Å²) < 4.78 is 4.75. The number of carbonyl (C=O) groups excluding carboxylic acids is 1. The van der Waals surface area contributed by atoms with Gasteiger partial charge in [0, 0.05) is 6.54 Å². The van der Waals surface area contributed by atoms with Gasteiger partial charge in [-0.2, -0.15) is 0 Å². The molecule has 1 aromatic carbocycles. The van der Waals surface area contributed by atoms with E-state index in [4.69, 9.17) is 0 Å². The Morgan fingerprint density at radius 1 is 1.50 bits per heavy atom. The molecule has 0 aliphatic heterocycles. The molecule has 4 heteroatoms. The second-order valence-corrected chi connectivity index (χ2v) is 4.25. The molecule has 0 fully saturated rings. The van der Waals surface area contributed by atoms with E-state index in [0.717, 1.165) is 0 Å². The Hall–Kier alpha value is -0.780. The molecule has 1 N–H and O–H groups in total. The number of alkyl carbamates (subject to hydrolysis) is 1. The standard InChI is InChI=1S/C10H12INO2/c1-14-10(13)12-7-9(11)8-5-3-2-4-6-8/h2-6,9H,7H2,1H3,(H,12,13). The number of hydrogen-bond acceptors (Lipinski definition) is 2. The monoisotopic (exact) mass is 305 g/mol. The first-order valence-corrected chi connectivity index (χ1v) is 5.49. The van der Waals surface area contributed by atoms with Gasteiger partial charge in [0.15, 0.2) is 0 Å². The van der Waals surface area contributed by atoms with E-state index >= 15 is 0 Å². The summed E-state index contributed by atoms with van der Waals surface area (Å²) in [6.45, 7) is 0.581. The lowest BCUT2D eigenvalue weighted by atomic mass is 10.1. The van der Waals surface area contributed by atoms with Gasteiger partial charge in [-0.3, -0.25) is 0 Å².